The molecular formula is C17H21NO3. The predicted octanol–water partition coefficient (Wildman–Crippen LogP) is 2.33. The Morgan fingerprint density at radius 3 is 2.62 bits per heavy atom. The van der Waals surface area contributed by atoms with Gasteiger partial charge in [-0.05, 0) is 38.2 Å². The van der Waals surface area contributed by atoms with E-state index >= 15 is 0 Å². The zero-order chi connectivity index (χ0) is 15.0. The maximum atomic E-state index is 12.6. The van der Waals surface area contributed by atoms with Gasteiger partial charge in [0.05, 0.1) is 11.8 Å². The molecule has 3 rings (SSSR count). The summed E-state index contributed by atoms with van der Waals surface area (Å²) in [5, 5.41) is 9.01. The van der Waals surface area contributed by atoms with Crippen molar-refractivity contribution in [2.24, 2.45) is 11.8 Å². The van der Waals surface area contributed by atoms with E-state index in [1.54, 1.807) is 0 Å². The fourth-order valence-electron chi connectivity index (χ4n) is 3.56. The van der Waals surface area contributed by atoms with Gasteiger partial charge < -0.3 is 10.0 Å². The monoisotopic (exact) mass is 287 g/mol. The summed E-state index contributed by atoms with van der Waals surface area (Å²) < 4.78 is 0. The van der Waals surface area contributed by atoms with Crippen LogP contribution in [0.5, 0.6) is 0 Å². The van der Waals surface area contributed by atoms with Gasteiger partial charge in [0.1, 0.15) is 0 Å². The van der Waals surface area contributed by atoms with Crippen molar-refractivity contribution in [2.45, 2.75) is 38.1 Å². The van der Waals surface area contributed by atoms with Crippen LogP contribution in [-0.4, -0.2) is 34.0 Å². The Morgan fingerprint density at radius 1 is 1.29 bits per heavy atom. The molecule has 3 unspecified atom stereocenters. The highest BCUT2D eigenvalue weighted by atomic mass is 16.4. The minimum atomic E-state index is -0.836. The summed E-state index contributed by atoms with van der Waals surface area (Å²) >= 11 is 0. The first-order valence-corrected chi connectivity index (χ1v) is 7.59. The van der Waals surface area contributed by atoms with E-state index in [0.717, 1.165) is 25.8 Å². The Morgan fingerprint density at radius 2 is 2.00 bits per heavy atom. The van der Waals surface area contributed by atoms with Gasteiger partial charge in [0, 0.05) is 12.1 Å². The largest absolute Gasteiger partial charge is 0.481 e. The van der Waals surface area contributed by atoms with E-state index in [4.69, 9.17) is 5.11 Å². The summed E-state index contributed by atoms with van der Waals surface area (Å²) in [6.45, 7) is 2.88. The van der Waals surface area contributed by atoms with Gasteiger partial charge in [-0.25, -0.2) is 0 Å². The van der Waals surface area contributed by atoms with Crippen molar-refractivity contribution in [3.63, 3.8) is 0 Å². The van der Waals surface area contributed by atoms with Crippen LogP contribution in [0.2, 0.25) is 0 Å². The maximum Gasteiger partial charge on any atom is 0.307 e. The Labute approximate surface area is 124 Å². The fourth-order valence-corrected chi connectivity index (χ4v) is 3.56. The average molecular weight is 287 g/mol. The number of nitrogens with zero attached hydrogens (tertiary/aromatic N) is 1. The van der Waals surface area contributed by atoms with Crippen molar-refractivity contribution < 1.29 is 14.7 Å². The van der Waals surface area contributed by atoms with E-state index in [1.807, 2.05) is 23.1 Å². The van der Waals surface area contributed by atoms with Crippen LogP contribution in [0.15, 0.2) is 30.3 Å². The lowest BCUT2D eigenvalue weighted by Crippen LogP contribution is -2.47. The van der Waals surface area contributed by atoms with Gasteiger partial charge in [-0.1, -0.05) is 30.3 Å². The van der Waals surface area contributed by atoms with Gasteiger partial charge in [-0.15, -0.1) is 0 Å². The molecule has 2 fully saturated rings. The van der Waals surface area contributed by atoms with Gasteiger partial charge >= 0.3 is 5.97 Å². The zero-order valence-corrected chi connectivity index (χ0v) is 12.3. The maximum absolute atomic E-state index is 12.6. The van der Waals surface area contributed by atoms with Gasteiger partial charge in [0.25, 0.3) is 0 Å². The number of carbonyl (C=O) groups excluding carboxylic acids is 1. The third kappa shape index (κ3) is 2.67. The first-order valence-electron chi connectivity index (χ1n) is 7.59. The van der Waals surface area contributed by atoms with E-state index in [2.05, 4.69) is 19.1 Å². The SMILES string of the molecule is CC1(Cc2ccccc2)CCCN1C(=O)C1CC1C(=O)O. The minimum absolute atomic E-state index is 0.0401. The van der Waals surface area contributed by atoms with Crippen molar-refractivity contribution in [1.82, 2.24) is 4.90 Å². The molecule has 1 aliphatic carbocycles. The van der Waals surface area contributed by atoms with Gasteiger partial charge in [-0.2, -0.15) is 0 Å². The van der Waals surface area contributed by atoms with Crippen LogP contribution in [0.25, 0.3) is 0 Å². The summed E-state index contributed by atoms with van der Waals surface area (Å²) in [5.41, 5.74) is 1.05. The smallest absolute Gasteiger partial charge is 0.307 e. The van der Waals surface area contributed by atoms with Crippen LogP contribution >= 0.6 is 0 Å². The number of benzene rings is 1. The van der Waals surface area contributed by atoms with Crippen LogP contribution in [0.4, 0.5) is 0 Å². The zero-order valence-electron chi connectivity index (χ0n) is 12.3. The van der Waals surface area contributed by atoms with E-state index in [-0.39, 0.29) is 17.4 Å². The summed E-state index contributed by atoms with van der Waals surface area (Å²) in [7, 11) is 0. The number of carboxylic acid groups (broad SMARTS) is 1. The van der Waals surface area contributed by atoms with Crippen LogP contribution in [0, 0.1) is 11.8 Å². The van der Waals surface area contributed by atoms with Crippen LogP contribution in [-0.2, 0) is 16.0 Å². The number of aliphatic carboxylic acids is 1. The number of likely N-dealkylation sites (tertiary alicyclic amines) is 1. The Hall–Kier alpha value is -1.84. The normalized spacial score (nSPS) is 31.2. The molecule has 3 atom stereocenters. The molecule has 1 saturated heterocycles. The summed E-state index contributed by atoms with van der Waals surface area (Å²) in [6.07, 6.45) is 3.33. The first-order chi connectivity index (χ1) is 10.0. The number of carbonyl (C=O) groups is 2. The second kappa shape index (κ2) is 5.17. The lowest BCUT2D eigenvalue weighted by atomic mass is 9.90. The lowest BCUT2D eigenvalue weighted by molar-refractivity contribution is -0.143. The van der Waals surface area contributed by atoms with Crippen molar-refractivity contribution in [3.8, 4) is 0 Å². The van der Waals surface area contributed by atoms with Crippen LogP contribution < -0.4 is 0 Å². The number of rotatable bonds is 4. The fraction of sp³-hybridized carbons (Fsp3) is 0.529. The van der Waals surface area contributed by atoms with E-state index in [1.165, 1.54) is 5.56 Å². The van der Waals surface area contributed by atoms with Crippen molar-refractivity contribution in [1.29, 1.82) is 0 Å². The van der Waals surface area contributed by atoms with E-state index < -0.39 is 11.9 Å². The first kappa shape index (κ1) is 14.1. The molecule has 2 aliphatic rings. The molecule has 0 aromatic heterocycles. The Balaban J connectivity index is 1.73. The highest BCUT2D eigenvalue weighted by Gasteiger charge is 2.53. The number of hydrogen-bond donors (Lipinski definition) is 1. The van der Waals surface area contributed by atoms with Gasteiger partial charge in [0.2, 0.25) is 5.91 Å². The summed E-state index contributed by atoms with van der Waals surface area (Å²) in [5.74, 6) is -1.55. The van der Waals surface area contributed by atoms with E-state index in [0.29, 0.717) is 6.42 Å². The third-order valence-corrected chi connectivity index (χ3v) is 4.87. The molecule has 4 nitrogen and oxygen atoms in total. The molecule has 1 aliphatic heterocycles. The van der Waals surface area contributed by atoms with Crippen LogP contribution in [0.3, 0.4) is 0 Å². The van der Waals surface area contributed by atoms with Crippen molar-refractivity contribution in [3.05, 3.63) is 35.9 Å². The van der Waals surface area contributed by atoms with E-state index in [9.17, 15) is 9.59 Å². The quantitative estimate of drug-likeness (QED) is 0.924. The molecule has 0 radical (unpaired) electrons. The molecular weight excluding hydrogens is 266 g/mol. The molecule has 1 N–H and O–H groups in total. The lowest BCUT2D eigenvalue weighted by Gasteiger charge is -2.36. The molecule has 1 aromatic rings. The summed E-state index contributed by atoms with van der Waals surface area (Å²) in [4.78, 5) is 25.5. The molecule has 4 heteroatoms. The molecule has 1 heterocycles. The highest BCUT2D eigenvalue weighted by molar-refractivity contribution is 5.90. The topological polar surface area (TPSA) is 57.6 Å². The molecule has 112 valence electrons. The molecule has 1 amide bonds. The summed E-state index contributed by atoms with van der Waals surface area (Å²) in [6, 6.07) is 10.2. The Bertz CT molecular complexity index is 556. The van der Waals surface area contributed by atoms with Gasteiger partial charge in [-0.3, -0.25) is 9.59 Å². The third-order valence-electron chi connectivity index (χ3n) is 4.87. The minimum Gasteiger partial charge on any atom is -0.481 e. The predicted molar refractivity (Wildman–Crippen MR) is 78.7 cm³/mol. The molecule has 21 heavy (non-hydrogen) atoms. The number of hydrogen-bond acceptors (Lipinski definition) is 2. The highest BCUT2D eigenvalue weighted by Crippen LogP contribution is 2.43. The second-order valence-electron chi connectivity index (χ2n) is 6.54. The number of amides is 1. The van der Waals surface area contributed by atoms with Crippen LogP contribution in [0.1, 0.15) is 31.7 Å². The van der Waals surface area contributed by atoms with Crippen molar-refractivity contribution >= 4 is 11.9 Å². The average Bonchev–Trinajstić information content (AvgIpc) is 3.17. The molecule has 1 aromatic carbocycles. The number of carboxylic acids is 1. The van der Waals surface area contributed by atoms with Gasteiger partial charge in [0.15, 0.2) is 0 Å². The molecule has 0 spiro atoms. The molecule has 1 saturated carbocycles. The Kier molecular flexibility index (Phi) is 3.47. The standard InChI is InChI=1S/C17H21NO3/c1-17(11-12-6-3-2-4-7-12)8-5-9-18(17)15(19)13-10-14(13)16(20)21/h2-4,6-7,13-14H,5,8-11H2,1H3,(H,20,21). The van der Waals surface area contributed by atoms with Crippen molar-refractivity contribution in [2.75, 3.05) is 6.54 Å². The second-order valence-corrected chi connectivity index (χ2v) is 6.54. The molecule has 0 bridgehead atoms.